The second-order valence-corrected chi connectivity index (χ2v) is 3.77. The van der Waals surface area contributed by atoms with E-state index in [0.717, 1.165) is 0 Å². The van der Waals surface area contributed by atoms with Crippen molar-refractivity contribution in [2.75, 3.05) is 0 Å². The van der Waals surface area contributed by atoms with Gasteiger partial charge in [-0.2, -0.15) is 5.26 Å². The lowest BCUT2D eigenvalue weighted by atomic mass is 9.64. The van der Waals surface area contributed by atoms with E-state index in [4.69, 9.17) is 5.26 Å². The van der Waals surface area contributed by atoms with Gasteiger partial charge < -0.3 is 5.11 Å². The fourth-order valence-corrected chi connectivity index (χ4v) is 1.92. The molecule has 0 heterocycles. The van der Waals surface area contributed by atoms with Crippen molar-refractivity contribution in [2.45, 2.75) is 24.4 Å². The number of hydrogen-bond donors (Lipinski definition) is 1. The van der Waals surface area contributed by atoms with Gasteiger partial charge in [0.05, 0.1) is 17.6 Å². The summed E-state index contributed by atoms with van der Waals surface area (Å²) in [7, 11) is 0. The van der Waals surface area contributed by atoms with Gasteiger partial charge in [-0.25, -0.2) is 4.39 Å². The van der Waals surface area contributed by atoms with Crippen molar-refractivity contribution in [1.82, 2.24) is 0 Å². The Balaban J connectivity index is 2.35. The van der Waals surface area contributed by atoms with E-state index in [2.05, 4.69) is 6.07 Å². The Morgan fingerprint density at radius 2 is 2.21 bits per heavy atom. The van der Waals surface area contributed by atoms with Crippen LogP contribution >= 0.6 is 0 Å². The molecule has 2 rings (SSSR count). The van der Waals surface area contributed by atoms with Crippen LogP contribution in [0.5, 0.6) is 0 Å². The van der Waals surface area contributed by atoms with Gasteiger partial charge in [0.15, 0.2) is 0 Å². The van der Waals surface area contributed by atoms with Crippen molar-refractivity contribution >= 4 is 0 Å². The van der Waals surface area contributed by atoms with Crippen LogP contribution in [0.15, 0.2) is 24.3 Å². The van der Waals surface area contributed by atoms with Crippen LogP contribution in [0.25, 0.3) is 0 Å². The van der Waals surface area contributed by atoms with E-state index in [-0.39, 0.29) is 5.82 Å². The number of nitriles is 1. The van der Waals surface area contributed by atoms with Gasteiger partial charge in [-0.1, -0.05) is 12.1 Å². The minimum atomic E-state index is -0.665. The standard InChI is InChI=1S/C11H10FNO/c12-9-3-1-2-8(4-9)11(7-13)5-10(14)6-11/h1-4,10,14H,5-6H2/t10-,11+. The summed E-state index contributed by atoms with van der Waals surface area (Å²) in [4.78, 5) is 0. The molecule has 3 heteroatoms. The van der Waals surface area contributed by atoms with E-state index in [1.807, 2.05) is 0 Å². The zero-order valence-corrected chi connectivity index (χ0v) is 7.57. The van der Waals surface area contributed by atoms with Gasteiger partial charge in [-0.15, -0.1) is 0 Å². The zero-order chi connectivity index (χ0) is 10.2. The molecule has 1 aromatic carbocycles. The smallest absolute Gasteiger partial charge is 0.123 e. The maximum Gasteiger partial charge on any atom is 0.123 e. The molecule has 0 saturated heterocycles. The van der Waals surface area contributed by atoms with Crippen molar-refractivity contribution in [3.8, 4) is 6.07 Å². The number of benzene rings is 1. The number of nitrogens with zero attached hydrogens (tertiary/aromatic N) is 1. The highest BCUT2D eigenvalue weighted by atomic mass is 19.1. The third-order valence-corrected chi connectivity index (χ3v) is 2.76. The topological polar surface area (TPSA) is 44.0 Å². The number of hydrogen-bond acceptors (Lipinski definition) is 2. The fourth-order valence-electron chi connectivity index (χ4n) is 1.92. The molecule has 0 atom stereocenters. The van der Waals surface area contributed by atoms with E-state index >= 15 is 0 Å². The lowest BCUT2D eigenvalue weighted by Crippen LogP contribution is -2.43. The largest absolute Gasteiger partial charge is 0.393 e. The van der Waals surface area contributed by atoms with Gasteiger partial charge in [0.25, 0.3) is 0 Å². The molecular weight excluding hydrogens is 181 g/mol. The molecular formula is C11H10FNO. The molecule has 0 radical (unpaired) electrons. The van der Waals surface area contributed by atoms with E-state index in [9.17, 15) is 9.50 Å². The Kier molecular flexibility index (Phi) is 2.01. The highest BCUT2D eigenvalue weighted by Gasteiger charge is 2.45. The molecule has 0 bridgehead atoms. The Bertz CT molecular complexity index is 391. The summed E-state index contributed by atoms with van der Waals surface area (Å²) < 4.78 is 12.9. The second kappa shape index (κ2) is 3.07. The first-order valence-electron chi connectivity index (χ1n) is 4.52. The highest BCUT2D eigenvalue weighted by molar-refractivity contribution is 5.36. The van der Waals surface area contributed by atoms with Crippen LogP contribution in [0, 0.1) is 17.1 Å². The van der Waals surface area contributed by atoms with Crippen molar-refractivity contribution < 1.29 is 9.50 Å². The third-order valence-electron chi connectivity index (χ3n) is 2.76. The number of aliphatic hydroxyl groups is 1. The summed E-state index contributed by atoms with van der Waals surface area (Å²) in [6.07, 6.45) is 0.401. The summed E-state index contributed by atoms with van der Waals surface area (Å²) in [6, 6.07) is 8.21. The van der Waals surface area contributed by atoms with Gasteiger partial charge in [0.2, 0.25) is 0 Å². The minimum absolute atomic E-state index is 0.335. The molecule has 0 unspecified atom stereocenters. The van der Waals surface area contributed by atoms with Gasteiger partial charge in [-0.3, -0.25) is 0 Å². The average Bonchev–Trinajstić information content (AvgIpc) is 2.12. The molecule has 1 aliphatic carbocycles. The Labute approximate surface area is 81.6 Å². The lowest BCUT2D eigenvalue weighted by Gasteiger charge is -2.40. The maximum atomic E-state index is 12.9. The highest BCUT2D eigenvalue weighted by Crippen LogP contribution is 2.43. The predicted molar refractivity (Wildman–Crippen MR) is 48.9 cm³/mol. The summed E-state index contributed by atoms with van der Waals surface area (Å²) in [5.74, 6) is -0.335. The van der Waals surface area contributed by atoms with Gasteiger partial charge >= 0.3 is 0 Å². The van der Waals surface area contributed by atoms with Crippen LogP contribution in [0.3, 0.4) is 0 Å². The molecule has 1 fully saturated rings. The van der Waals surface area contributed by atoms with Crippen LogP contribution < -0.4 is 0 Å². The molecule has 1 aromatic rings. The quantitative estimate of drug-likeness (QED) is 0.734. The molecule has 0 aromatic heterocycles. The zero-order valence-electron chi connectivity index (χ0n) is 7.57. The Morgan fingerprint density at radius 1 is 1.50 bits per heavy atom. The van der Waals surface area contributed by atoms with E-state index in [1.165, 1.54) is 12.1 Å². The Hall–Kier alpha value is -1.40. The lowest BCUT2D eigenvalue weighted by molar-refractivity contribution is 0.0446. The van der Waals surface area contributed by atoms with Gasteiger partial charge in [-0.05, 0) is 30.5 Å². The fraction of sp³-hybridized carbons (Fsp3) is 0.364. The van der Waals surface area contributed by atoms with Crippen molar-refractivity contribution in [2.24, 2.45) is 0 Å². The van der Waals surface area contributed by atoms with Crippen molar-refractivity contribution in [3.63, 3.8) is 0 Å². The SMILES string of the molecule is N#C[C@]1(c2cccc(F)c2)C[C@@H](O)C1. The molecule has 1 saturated carbocycles. The van der Waals surface area contributed by atoms with E-state index in [1.54, 1.807) is 12.1 Å². The predicted octanol–water partition coefficient (Wildman–Crippen LogP) is 1.74. The summed E-state index contributed by atoms with van der Waals surface area (Å²) >= 11 is 0. The number of aliphatic hydroxyl groups excluding tert-OH is 1. The Morgan fingerprint density at radius 3 is 2.71 bits per heavy atom. The third kappa shape index (κ3) is 1.28. The summed E-state index contributed by atoms with van der Waals surface area (Å²) in [5.41, 5.74) is 0.00641. The van der Waals surface area contributed by atoms with Crippen LogP contribution in [0.4, 0.5) is 4.39 Å². The summed E-state index contributed by atoms with van der Waals surface area (Å²) in [5, 5.41) is 18.2. The summed E-state index contributed by atoms with van der Waals surface area (Å²) in [6.45, 7) is 0. The minimum Gasteiger partial charge on any atom is -0.393 e. The van der Waals surface area contributed by atoms with Crippen LogP contribution in [0.2, 0.25) is 0 Å². The molecule has 1 N–H and O–H groups in total. The molecule has 14 heavy (non-hydrogen) atoms. The normalized spacial score (nSPS) is 30.5. The van der Waals surface area contributed by atoms with Crippen molar-refractivity contribution in [3.05, 3.63) is 35.6 Å². The maximum absolute atomic E-state index is 12.9. The number of halogens is 1. The molecule has 1 aliphatic rings. The van der Waals surface area contributed by atoms with Gasteiger partial charge in [0, 0.05) is 0 Å². The van der Waals surface area contributed by atoms with Gasteiger partial charge in [0.1, 0.15) is 5.82 Å². The average molecular weight is 191 g/mol. The first-order chi connectivity index (χ1) is 6.66. The van der Waals surface area contributed by atoms with Crippen LogP contribution in [-0.2, 0) is 5.41 Å². The molecule has 0 aliphatic heterocycles. The van der Waals surface area contributed by atoms with E-state index in [0.29, 0.717) is 18.4 Å². The van der Waals surface area contributed by atoms with Crippen LogP contribution in [-0.4, -0.2) is 11.2 Å². The molecule has 72 valence electrons. The first-order valence-corrected chi connectivity index (χ1v) is 4.52. The van der Waals surface area contributed by atoms with Crippen molar-refractivity contribution in [1.29, 1.82) is 5.26 Å². The molecule has 0 spiro atoms. The van der Waals surface area contributed by atoms with Crippen LogP contribution in [0.1, 0.15) is 18.4 Å². The monoisotopic (exact) mass is 191 g/mol. The molecule has 2 nitrogen and oxygen atoms in total. The first kappa shape index (κ1) is 9.17. The van der Waals surface area contributed by atoms with E-state index < -0.39 is 11.5 Å². The molecule has 0 amide bonds. The second-order valence-electron chi connectivity index (χ2n) is 3.77. The number of rotatable bonds is 1.